The number of piperidine rings is 1. The third kappa shape index (κ3) is 3.21. The molecule has 8 nitrogen and oxygen atoms in total. The quantitative estimate of drug-likeness (QED) is 0.492. The predicted molar refractivity (Wildman–Crippen MR) is 74.0 cm³/mol. The minimum absolute atomic E-state index is 0.254. The molecule has 0 saturated carbocycles. The standard InChI is InChI=1S/C11H21N7O/c1-17(2)10-13-9(16-12)14-11(15-10)18-5-3-8(7-19)4-6-18/h8,19H,3-7,12H2,1-2H3,(H,13,14,15,16). The number of hydrogen-bond acceptors (Lipinski definition) is 8. The molecule has 0 amide bonds. The van der Waals surface area contributed by atoms with Crippen LogP contribution >= 0.6 is 0 Å². The van der Waals surface area contributed by atoms with Crippen LogP contribution in [-0.4, -0.2) is 53.9 Å². The van der Waals surface area contributed by atoms with E-state index < -0.39 is 0 Å². The highest BCUT2D eigenvalue weighted by Crippen LogP contribution is 2.22. The van der Waals surface area contributed by atoms with Crippen molar-refractivity contribution in [2.75, 3.05) is 49.0 Å². The second-order valence-corrected chi connectivity index (χ2v) is 4.91. The van der Waals surface area contributed by atoms with Crippen molar-refractivity contribution in [2.45, 2.75) is 12.8 Å². The molecule has 1 aliphatic heterocycles. The summed E-state index contributed by atoms with van der Waals surface area (Å²) in [6.45, 7) is 1.93. The maximum absolute atomic E-state index is 9.15. The van der Waals surface area contributed by atoms with Crippen LogP contribution in [0.3, 0.4) is 0 Å². The average molecular weight is 267 g/mol. The zero-order valence-corrected chi connectivity index (χ0v) is 11.4. The molecule has 1 saturated heterocycles. The zero-order chi connectivity index (χ0) is 13.8. The number of aliphatic hydroxyl groups excluding tert-OH is 1. The molecule has 1 fully saturated rings. The fourth-order valence-corrected chi connectivity index (χ4v) is 2.08. The minimum Gasteiger partial charge on any atom is -0.396 e. The van der Waals surface area contributed by atoms with Crippen molar-refractivity contribution in [3.63, 3.8) is 0 Å². The van der Waals surface area contributed by atoms with Crippen LogP contribution in [0.1, 0.15) is 12.8 Å². The Hall–Kier alpha value is -1.67. The Bertz CT molecular complexity index is 418. The van der Waals surface area contributed by atoms with Gasteiger partial charge in [-0.05, 0) is 18.8 Å². The summed E-state index contributed by atoms with van der Waals surface area (Å²) in [5.41, 5.74) is 2.47. The first-order valence-corrected chi connectivity index (χ1v) is 6.40. The molecule has 19 heavy (non-hydrogen) atoms. The fourth-order valence-electron chi connectivity index (χ4n) is 2.08. The van der Waals surface area contributed by atoms with Gasteiger partial charge in [0.25, 0.3) is 0 Å². The SMILES string of the molecule is CN(C)c1nc(NN)nc(N2CCC(CO)CC2)n1. The second kappa shape index (κ2) is 5.98. The van der Waals surface area contributed by atoms with Crippen LogP contribution in [0.15, 0.2) is 0 Å². The maximum atomic E-state index is 9.15. The zero-order valence-electron chi connectivity index (χ0n) is 11.4. The van der Waals surface area contributed by atoms with E-state index in [0.29, 0.717) is 23.8 Å². The van der Waals surface area contributed by atoms with E-state index in [1.807, 2.05) is 19.0 Å². The highest BCUT2D eigenvalue weighted by atomic mass is 16.3. The van der Waals surface area contributed by atoms with Crippen molar-refractivity contribution in [3.8, 4) is 0 Å². The minimum atomic E-state index is 0.254. The van der Waals surface area contributed by atoms with Crippen LogP contribution in [0.25, 0.3) is 0 Å². The van der Waals surface area contributed by atoms with Gasteiger partial charge in [-0.25, -0.2) is 5.84 Å². The number of nitrogens with one attached hydrogen (secondary N) is 1. The Labute approximate surface area is 112 Å². The van der Waals surface area contributed by atoms with E-state index in [9.17, 15) is 0 Å². The lowest BCUT2D eigenvalue weighted by Crippen LogP contribution is -2.36. The number of nitrogens with zero attached hydrogens (tertiary/aromatic N) is 5. The molecule has 2 rings (SSSR count). The molecule has 106 valence electrons. The summed E-state index contributed by atoms with van der Waals surface area (Å²) >= 11 is 0. The number of nitrogen functional groups attached to an aromatic ring is 1. The number of rotatable bonds is 4. The number of aromatic nitrogens is 3. The third-order valence-electron chi connectivity index (χ3n) is 3.30. The molecule has 0 atom stereocenters. The fraction of sp³-hybridized carbons (Fsp3) is 0.727. The van der Waals surface area contributed by atoms with Gasteiger partial charge in [0.15, 0.2) is 0 Å². The molecule has 0 bridgehead atoms. The first kappa shape index (κ1) is 13.8. The highest BCUT2D eigenvalue weighted by Gasteiger charge is 2.21. The molecular formula is C11H21N7O. The van der Waals surface area contributed by atoms with Crippen LogP contribution in [-0.2, 0) is 0 Å². The van der Waals surface area contributed by atoms with Crippen LogP contribution in [0.5, 0.6) is 0 Å². The first-order valence-electron chi connectivity index (χ1n) is 6.40. The lowest BCUT2D eigenvalue weighted by molar-refractivity contribution is 0.202. The van der Waals surface area contributed by atoms with Gasteiger partial charge in [0.05, 0.1) is 0 Å². The van der Waals surface area contributed by atoms with E-state index in [4.69, 9.17) is 10.9 Å². The molecule has 1 aromatic rings. The van der Waals surface area contributed by atoms with Gasteiger partial charge in [-0.3, -0.25) is 5.43 Å². The Morgan fingerprint density at radius 2 is 2.00 bits per heavy atom. The van der Waals surface area contributed by atoms with Gasteiger partial charge in [0.1, 0.15) is 0 Å². The number of aliphatic hydroxyl groups is 1. The van der Waals surface area contributed by atoms with E-state index in [2.05, 4.69) is 25.3 Å². The molecular weight excluding hydrogens is 246 g/mol. The monoisotopic (exact) mass is 267 g/mol. The van der Waals surface area contributed by atoms with Gasteiger partial charge in [-0.15, -0.1) is 0 Å². The van der Waals surface area contributed by atoms with Gasteiger partial charge in [-0.1, -0.05) is 0 Å². The summed E-state index contributed by atoms with van der Waals surface area (Å²) < 4.78 is 0. The summed E-state index contributed by atoms with van der Waals surface area (Å²) in [4.78, 5) is 16.8. The molecule has 0 unspecified atom stereocenters. The Kier molecular flexibility index (Phi) is 4.33. The summed E-state index contributed by atoms with van der Waals surface area (Å²) in [6, 6.07) is 0. The van der Waals surface area contributed by atoms with E-state index in [0.717, 1.165) is 25.9 Å². The molecule has 4 N–H and O–H groups in total. The van der Waals surface area contributed by atoms with E-state index in [1.165, 1.54) is 0 Å². The average Bonchev–Trinajstić information content (AvgIpc) is 2.46. The van der Waals surface area contributed by atoms with Crippen molar-refractivity contribution in [1.82, 2.24) is 15.0 Å². The van der Waals surface area contributed by atoms with Crippen LogP contribution in [0, 0.1) is 5.92 Å². The van der Waals surface area contributed by atoms with Gasteiger partial charge in [-0.2, -0.15) is 15.0 Å². The smallest absolute Gasteiger partial charge is 0.243 e. The molecule has 8 heteroatoms. The number of anilines is 3. The number of nitrogens with two attached hydrogens (primary N) is 1. The summed E-state index contributed by atoms with van der Waals surface area (Å²) in [7, 11) is 3.74. The molecule has 1 aliphatic rings. The summed E-state index contributed by atoms with van der Waals surface area (Å²) in [5.74, 6) is 7.33. The van der Waals surface area contributed by atoms with Crippen molar-refractivity contribution < 1.29 is 5.11 Å². The molecule has 0 aromatic carbocycles. The van der Waals surface area contributed by atoms with Crippen molar-refractivity contribution >= 4 is 17.8 Å². The van der Waals surface area contributed by atoms with Crippen LogP contribution in [0.4, 0.5) is 17.8 Å². The van der Waals surface area contributed by atoms with Crippen LogP contribution < -0.4 is 21.1 Å². The topological polar surface area (TPSA) is 103 Å². The van der Waals surface area contributed by atoms with E-state index in [1.54, 1.807) is 0 Å². The lowest BCUT2D eigenvalue weighted by Gasteiger charge is -2.31. The predicted octanol–water partition coefficient (Wildman–Crippen LogP) is -0.568. The normalized spacial score (nSPS) is 16.5. The van der Waals surface area contributed by atoms with E-state index >= 15 is 0 Å². The number of hydrogen-bond donors (Lipinski definition) is 3. The highest BCUT2D eigenvalue weighted by molar-refractivity contribution is 5.44. The van der Waals surface area contributed by atoms with Gasteiger partial charge < -0.3 is 14.9 Å². The van der Waals surface area contributed by atoms with Crippen molar-refractivity contribution in [3.05, 3.63) is 0 Å². The van der Waals surface area contributed by atoms with Crippen LogP contribution in [0.2, 0.25) is 0 Å². The van der Waals surface area contributed by atoms with Gasteiger partial charge in [0, 0.05) is 33.8 Å². The maximum Gasteiger partial charge on any atom is 0.243 e. The molecule has 0 aliphatic carbocycles. The van der Waals surface area contributed by atoms with Gasteiger partial charge >= 0.3 is 0 Å². The Morgan fingerprint density at radius 3 is 2.53 bits per heavy atom. The summed E-state index contributed by atoms with van der Waals surface area (Å²) in [6.07, 6.45) is 1.90. The first-order chi connectivity index (χ1) is 9.13. The Morgan fingerprint density at radius 1 is 1.32 bits per heavy atom. The lowest BCUT2D eigenvalue weighted by atomic mass is 9.98. The third-order valence-corrected chi connectivity index (χ3v) is 3.30. The summed E-state index contributed by atoms with van der Waals surface area (Å²) in [5, 5.41) is 9.15. The van der Waals surface area contributed by atoms with E-state index in [-0.39, 0.29) is 6.61 Å². The molecule has 1 aromatic heterocycles. The van der Waals surface area contributed by atoms with Crippen molar-refractivity contribution in [1.29, 1.82) is 0 Å². The largest absolute Gasteiger partial charge is 0.396 e. The molecule has 0 radical (unpaired) electrons. The molecule has 2 heterocycles. The van der Waals surface area contributed by atoms with Gasteiger partial charge in [0.2, 0.25) is 17.8 Å². The van der Waals surface area contributed by atoms with Crippen molar-refractivity contribution in [2.24, 2.45) is 11.8 Å². The molecule has 0 spiro atoms. The Balaban J connectivity index is 2.17. The number of hydrazine groups is 1. The second-order valence-electron chi connectivity index (χ2n) is 4.91.